The molecule has 12 aromatic rings. The Morgan fingerprint density at radius 3 is 1.49 bits per heavy atom. The van der Waals surface area contributed by atoms with Crippen LogP contribution < -0.4 is 4.73 Å². The Balaban J connectivity index is 0.000000123. The summed E-state index contributed by atoms with van der Waals surface area (Å²) in [6, 6.07) is 39.6. The Kier molecular flexibility index (Phi) is 21.5. The lowest BCUT2D eigenvalue weighted by Crippen LogP contribution is -2.34. The van der Waals surface area contributed by atoms with Gasteiger partial charge in [0.15, 0.2) is 12.4 Å². The van der Waals surface area contributed by atoms with Crippen molar-refractivity contribution in [3.63, 3.8) is 0 Å². The topological polar surface area (TPSA) is 200 Å². The molecule has 20 heteroatoms. The number of aromatic nitrogens is 8. The van der Waals surface area contributed by atoms with Crippen molar-refractivity contribution in [1.82, 2.24) is 57.7 Å². The summed E-state index contributed by atoms with van der Waals surface area (Å²) in [6.45, 7) is 17.9. The van der Waals surface area contributed by atoms with Gasteiger partial charge in [-0.25, -0.2) is 4.98 Å². The molecule has 19 nitrogen and oxygen atoms in total. The molecule has 8 aromatic heterocycles. The van der Waals surface area contributed by atoms with Crippen LogP contribution in [-0.2, 0) is 83.6 Å². The third-order valence-corrected chi connectivity index (χ3v) is 21.3. The number of likely N-dealkylation sites (N-methyl/N-ethyl adjacent to an activating group) is 4. The quantitative estimate of drug-likeness (QED) is 0.0628. The van der Waals surface area contributed by atoms with Gasteiger partial charge in [-0.05, 0) is 185 Å². The van der Waals surface area contributed by atoms with Crippen LogP contribution in [-0.4, -0.2) is 153 Å². The number of hydrogen-bond donors (Lipinski definition) is 4. The third-order valence-electron chi connectivity index (χ3n) is 21.1. The molecule has 0 saturated carbocycles. The number of aryl methyl sites for hydroxylation is 3. The van der Waals surface area contributed by atoms with E-state index in [1.807, 2.05) is 60.8 Å². The number of rotatable bonds is 13. The van der Waals surface area contributed by atoms with Gasteiger partial charge in [-0.2, -0.15) is 4.73 Å². The van der Waals surface area contributed by atoms with Crippen LogP contribution in [0.5, 0.6) is 0 Å². The summed E-state index contributed by atoms with van der Waals surface area (Å²) in [6.07, 6.45) is 13.9. The van der Waals surface area contributed by atoms with E-state index in [0.717, 1.165) is 121 Å². The summed E-state index contributed by atoms with van der Waals surface area (Å²) < 4.78 is 9.74. The summed E-state index contributed by atoms with van der Waals surface area (Å²) in [5.41, 5.74) is 21.6. The summed E-state index contributed by atoms with van der Waals surface area (Å²) >= 11 is 6.24. The van der Waals surface area contributed by atoms with Gasteiger partial charge in [0.05, 0.1) is 55.6 Å². The smallest absolute Gasteiger partial charge is 0.253 e. The average Bonchev–Trinajstić information content (AvgIpc) is 1.63. The molecular formula is C83H96ClN13O6. The van der Waals surface area contributed by atoms with Crippen molar-refractivity contribution in [1.29, 1.82) is 0 Å². The number of aliphatic hydroxyl groups excluding tert-OH is 3. The number of hydrogen-bond acceptors (Lipinski definition) is 13. The van der Waals surface area contributed by atoms with Gasteiger partial charge in [-0.3, -0.25) is 14.8 Å². The van der Waals surface area contributed by atoms with Crippen LogP contribution in [0.2, 0.25) is 5.02 Å². The number of carbonyl (C=O) groups is 1. The van der Waals surface area contributed by atoms with Gasteiger partial charge in [-0.1, -0.05) is 53.1 Å². The molecule has 4 atom stereocenters. The zero-order chi connectivity index (χ0) is 72.5. The molecule has 0 spiro atoms. The second-order valence-electron chi connectivity index (χ2n) is 29.3. The predicted molar refractivity (Wildman–Crippen MR) is 408 cm³/mol. The maximum absolute atomic E-state index is 12.1. The summed E-state index contributed by atoms with van der Waals surface area (Å²) in [5, 5.41) is 60.9. The minimum absolute atomic E-state index is 0.0315. The van der Waals surface area contributed by atoms with E-state index in [1.165, 1.54) is 101 Å². The Hall–Kier alpha value is -9.12. The molecule has 4 aliphatic heterocycles. The standard InChI is InChI=1S/C24H29N3O2.C21H25N3O2.C19H20ClN3O.C19H22N4O/c1-16-5-10-21-19(13-16)20-14-26(4)12-11-22(20)27(21)15-23(28)17-6-8-18(9-7-17)24(29)25(2)3;1-15-6-7-19-17(11-15)18-13-22(3)10-8-20(18)24(19)14-21(2,25)16-5-4-9-23(26)12-16;1-22-9-6-17-16(11-22)15-3-2-14(20)10-18(15)23(17)12-19(24)13-4-7-21-8-5-13;1-13-9-15-16-11-22(2)8-5-17(16)23(19(15)21-10-13)12-18(24)14-3-6-20-7-4-14/h5-10,13,23,28H,11-12,14-15H2,1-4H3;4-7,9,11-12,25H,8,10,13-14H2,1-3H3;2-5,7-8,10,19,24H,6,9,11-12H2,1H3;3-4,6-7,9-10,18,24H,5,8,11-12H2,1-2H3. The van der Waals surface area contributed by atoms with Crippen molar-refractivity contribution < 1.29 is 30.0 Å². The molecule has 4 aromatic carbocycles. The van der Waals surface area contributed by atoms with E-state index in [-0.39, 0.29) is 5.91 Å². The second kappa shape index (κ2) is 30.7. The molecule has 1 amide bonds. The van der Waals surface area contributed by atoms with E-state index < -0.39 is 23.9 Å². The number of benzene rings is 4. The monoisotopic (exact) mass is 1410 g/mol. The molecule has 4 unspecified atom stereocenters. The van der Waals surface area contributed by atoms with Crippen molar-refractivity contribution in [2.75, 3.05) is 68.5 Å². The van der Waals surface area contributed by atoms with E-state index in [2.05, 4.69) is 150 Å². The molecule has 0 saturated heterocycles. The molecule has 103 heavy (non-hydrogen) atoms. The number of carbonyl (C=O) groups excluding carboxylic acids is 1. The predicted octanol–water partition coefficient (Wildman–Crippen LogP) is 11.7. The number of aliphatic hydroxyl groups is 4. The van der Waals surface area contributed by atoms with E-state index in [4.69, 9.17) is 11.6 Å². The molecule has 4 aliphatic rings. The molecule has 0 fully saturated rings. The fourth-order valence-corrected chi connectivity index (χ4v) is 15.8. The highest BCUT2D eigenvalue weighted by Gasteiger charge is 2.32. The Labute approximate surface area is 608 Å². The van der Waals surface area contributed by atoms with Gasteiger partial charge in [0.25, 0.3) is 5.91 Å². The minimum atomic E-state index is -1.12. The number of halogens is 1. The lowest BCUT2D eigenvalue weighted by molar-refractivity contribution is -0.606. The fourth-order valence-electron chi connectivity index (χ4n) is 15.6. The first kappa shape index (κ1) is 72.2. The highest BCUT2D eigenvalue weighted by Crippen LogP contribution is 2.38. The molecule has 536 valence electrons. The molecule has 0 bridgehead atoms. The molecule has 4 N–H and O–H groups in total. The fraction of sp³-hybridized carbons (Fsp3) is 0.361. The van der Waals surface area contributed by atoms with Crippen molar-refractivity contribution >= 4 is 61.3 Å². The van der Waals surface area contributed by atoms with Crippen LogP contribution >= 0.6 is 11.6 Å². The average molecular weight is 1410 g/mol. The van der Waals surface area contributed by atoms with Crippen molar-refractivity contribution in [2.24, 2.45) is 0 Å². The van der Waals surface area contributed by atoms with Crippen molar-refractivity contribution in [3.05, 3.63) is 264 Å². The molecule has 0 radical (unpaired) electrons. The van der Waals surface area contributed by atoms with Gasteiger partial charge in [0.2, 0.25) is 0 Å². The van der Waals surface area contributed by atoms with Gasteiger partial charge < -0.3 is 68.4 Å². The zero-order valence-electron chi connectivity index (χ0n) is 60.9. The van der Waals surface area contributed by atoms with E-state index in [9.17, 15) is 30.4 Å². The van der Waals surface area contributed by atoms with E-state index in [0.29, 0.717) is 37.3 Å². The number of amides is 1. The van der Waals surface area contributed by atoms with Gasteiger partial charge in [0, 0.05) is 195 Å². The number of fused-ring (bicyclic) bond motifs is 12. The molecule has 12 heterocycles. The largest absolute Gasteiger partial charge is 0.619 e. The second-order valence-corrected chi connectivity index (χ2v) is 29.7. The van der Waals surface area contributed by atoms with Crippen LogP contribution in [0.4, 0.5) is 0 Å². The summed E-state index contributed by atoms with van der Waals surface area (Å²) in [5.74, 6) is -0.0315. The van der Waals surface area contributed by atoms with Crippen LogP contribution in [0.1, 0.15) is 120 Å². The van der Waals surface area contributed by atoms with Gasteiger partial charge >= 0.3 is 0 Å². The number of pyridine rings is 4. The van der Waals surface area contributed by atoms with Gasteiger partial charge in [0.1, 0.15) is 11.2 Å². The van der Waals surface area contributed by atoms with E-state index >= 15 is 0 Å². The lowest BCUT2D eigenvalue weighted by Gasteiger charge is -2.28. The first-order valence-electron chi connectivity index (χ1n) is 35.8. The third kappa shape index (κ3) is 15.6. The molecular weight excluding hydrogens is 1310 g/mol. The van der Waals surface area contributed by atoms with Gasteiger partial charge in [-0.15, -0.1) is 0 Å². The van der Waals surface area contributed by atoms with Crippen molar-refractivity contribution in [2.45, 2.75) is 130 Å². The molecule has 16 rings (SSSR count). The minimum Gasteiger partial charge on any atom is -0.619 e. The first-order valence-corrected chi connectivity index (χ1v) is 36.1. The number of nitrogens with zero attached hydrogens (tertiary/aromatic N) is 13. The highest BCUT2D eigenvalue weighted by molar-refractivity contribution is 6.31. The Morgan fingerprint density at radius 2 is 0.981 bits per heavy atom. The summed E-state index contributed by atoms with van der Waals surface area (Å²) in [4.78, 5) is 35.8. The summed E-state index contributed by atoms with van der Waals surface area (Å²) in [7, 11) is 12.1. The van der Waals surface area contributed by atoms with Crippen LogP contribution in [0.3, 0.4) is 0 Å². The first-order chi connectivity index (χ1) is 49.5. The highest BCUT2D eigenvalue weighted by atomic mass is 35.5. The maximum Gasteiger partial charge on any atom is 0.253 e. The van der Waals surface area contributed by atoms with E-state index in [1.54, 1.807) is 68.9 Å². The maximum atomic E-state index is 12.1. The zero-order valence-corrected chi connectivity index (χ0v) is 61.7. The van der Waals surface area contributed by atoms with Crippen LogP contribution in [0, 0.1) is 26.0 Å². The normalized spacial score (nSPS) is 16.3. The lowest BCUT2D eigenvalue weighted by atomic mass is 9.97. The van der Waals surface area contributed by atoms with Crippen molar-refractivity contribution in [3.8, 4) is 0 Å². The Bertz CT molecular complexity index is 5020. The molecule has 0 aliphatic carbocycles. The Morgan fingerprint density at radius 1 is 0.544 bits per heavy atom. The van der Waals surface area contributed by atoms with Crippen LogP contribution in [0.25, 0.3) is 43.7 Å². The van der Waals surface area contributed by atoms with Crippen LogP contribution in [0.15, 0.2) is 165 Å². The SMILES string of the molecule is CN1CCc2c(c3ccc(Cl)cc3n2CC(O)c2ccncc2)C1.Cc1ccc2c(c1)c1c(n2CC(C)(O)c2ccc[n+]([O-])c2)CCN(C)C1.Cc1ccc2c(c1)c1c(n2CC(O)c2ccc(C(=O)N(C)C)cc2)CCN(C)C1.Cc1cnc2c(c1)c1c(n2CC(O)c2ccncc2)CCN(C)C1.